The van der Waals surface area contributed by atoms with Gasteiger partial charge in [0.1, 0.15) is 6.33 Å². The molecule has 3 heterocycles. The van der Waals surface area contributed by atoms with E-state index in [0.717, 1.165) is 44.7 Å². The first-order valence-electron chi connectivity index (χ1n) is 14.2. The van der Waals surface area contributed by atoms with Crippen LogP contribution in [-0.2, 0) is 21.2 Å². The molecule has 0 saturated carbocycles. The van der Waals surface area contributed by atoms with Crippen LogP contribution in [0.1, 0.15) is 24.8 Å². The van der Waals surface area contributed by atoms with Gasteiger partial charge in [0.05, 0.1) is 22.0 Å². The maximum absolute atomic E-state index is 13.8. The Morgan fingerprint density at radius 2 is 1.83 bits per heavy atom. The van der Waals surface area contributed by atoms with Crippen LogP contribution in [0.4, 0.5) is 5.69 Å². The molecule has 1 aromatic heterocycles. The summed E-state index contributed by atoms with van der Waals surface area (Å²) in [5.74, 6) is -0.248. The first-order valence-corrected chi connectivity index (χ1v) is 16.8. The van der Waals surface area contributed by atoms with Crippen molar-refractivity contribution in [2.24, 2.45) is 5.92 Å². The summed E-state index contributed by atoms with van der Waals surface area (Å²) in [6, 6.07) is 13.9. The van der Waals surface area contributed by atoms with E-state index in [-0.39, 0.29) is 11.8 Å². The lowest BCUT2D eigenvalue weighted by Crippen LogP contribution is -2.52. The summed E-state index contributed by atoms with van der Waals surface area (Å²) in [4.78, 5) is 18.1. The summed E-state index contributed by atoms with van der Waals surface area (Å²) in [5, 5.41) is 15.7. The van der Waals surface area contributed by atoms with Gasteiger partial charge in [-0.1, -0.05) is 35.3 Å². The summed E-state index contributed by atoms with van der Waals surface area (Å²) in [5.41, 5.74) is 2.86. The molecule has 14 heteroatoms. The van der Waals surface area contributed by atoms with E-state index in [2.05, 4.69) is 37.9 Å². The summed E-state index contributed by atoms with van der Waals surface area (Å²) in [7, 11) is -3.27. The number of piperazine rings is 1. The SMILES string of the molecule is CS(=O)(=O)N1CCC(C(=O)N(CCCN2CCNCC2Cc2ccc(-n3cnnn3)cc2)c2ccc(Cl)c(Cl)c2)CC1. The van der Waals surface area contributed by atoms with E-state index in [4.69, 9.17) is 23.2 Å². The number of nitrogens with zero attached hydrogens (tertiary/aromatic N) is 7. The number of hydrogen-bond donors (Lipinski definition) is 1. The summed E-state index contributed by atoms with van der Waals surface area (Å²) in [6.07, 6.45) is 5.46. The predicted octanol–water partition coefficient (Wildman–Crippen LogP) is 2.88. The highest BCUT2D eigenvalue weighted by molar-refractivity contribution is 7.88. The maximum Gasteiger partial charge on any atom is 0.230 e. The van der Waals surface area contributed by atoms with Gasteiger partial charge in [-0.3, -0.25) is 9.69 Å². The van der Waals surface area contributed by atoms with Crippen molar-refractivity contribution in [2.45, 2.75) is 31.7 Å². The van der Waals surface area contributed by atoms with E-state index in [1.54, 1.807) is 28.0 Å². The van der Waals surface area contributed by atoms with Gasteiger partial charge in [0, 0.05) is 63.5 Å². The number of rotatable bonds is 10. The number of amides is 1. The highest BCUT2D eigenvalue weighted by Gasteiger charge is 2.32. The van der Waals surface area contributed by atoms with Gasteiger partial charge < -0.3 is 10.2 Å². The van der Waals surface area contributed by atoms with Gasteiger partial charge >= 0.3 is 0 Å². The molecule has 2 fully saturated rings. The number of hydrogen-bond acceptors (Lipinski definition) is 8. The van der Waals surface area contributed by atoms with Crippen molar-refractivity contribution in [3.8, 4) is 5.69 Å². The third kappa shape index (κ3) is 7.66. The molecule has 11 nitrogen and oxygen atoms in total. The number of anilines is 1. The van der Waals surface area contributed by atoms with E-state index in [1.807, 2.05) is 18.2 Å². The monoisotopic (exact) mass is 634 g/mol. The average molecular weight is 636 g/mol. The van der Waals surface area contributed by atoms with Crippen LogP contribution in [0.3, 0.4) is 0 Å². The average Bonchev–Trinajstić information content (AvgIpc) is 3.53. The lowest BCUT2D eigenvalue weighted by molar-refractivity contribution is -0.123. The minimum absolute atomic E-state index is 0.000993. The molecule has 2 aliphatic heterocycles. The van der Waals surface area contributed by atoms with Crippen LogP contribution >= 0.6 is 23.2 Å². The molecule has 0 bridgehead atoms. The molecule has 42 heavy (non-hydrogen) atoms. The van der Waals surface area contributed by atoms with Crippen molar-refractivity contribution in [1.29, 1.82) is 0 Å². The van der Waals surface area contributed by atoms with Gasteiger partial charge in [0.25, 0.3) is 0 Å². The molecule has 5 rings (SSSR count). The lowest BCUT2D eigenvalue weighted by atomic mass is 9.96. The molecule has 1 atom stereocenters. The van der Waals surface area contributed by atoms with Crippen molar-refractivity contribution < 1.29 is 13.2 Å². The maximum atomic E-state index is 13.8. The Kier molecular flexibility index (Phi) is 10.1. The van der Waals surface area contributed by atoms with Crippen molar-refractivity contribution in [1.82, 2.24) is 34.7 Å². The second-order valence-corrected chi connectivity index (χ2v) is 13.7. The van der Waals surface area contributed by atoms with Crippen LogP contribution < -0.4 is 10.2 Å². The molecular weight excluding hydrogens is 599 g/mol. The van der Waals surface area contributed by atoms with Gasteiger partial charge in [-0.05, 0) is 72.0 Å². The molecule has 3 aromatic rings. The third-order valence-electron chi connectivity index (χ3n) is 8.07. The smallest absolute Gasteiger partial charge is 0.230 e. The molecule has 1 amide bonds. The Balaban J connectivity index is 1.23. The van der Waals surface area contributed by atoms with E-state index in [9.17, 15) is 13.2 Å². The Labute approximate surface area is 256 Å². The zero-order valence-corrected chi connectivity index (χ0v) is 25.9. The second-order valence-electron chi connectivity index (χ2n) is 10.9. The van der Waals surface area contributed by atoms with Crippen LogP contribution in [0.25, 0.3) is 5.69 Å². The molecule has 226 valence electrons. The van der Waals surface area contributed by atoms with Crippen LogP contribution in [0.15, 0.2) is 48.8 Å². The fourth-order valence-corrected chi connectivity index (χ4v) is 6.91. The number of carbonyl (C=O) groups is 1. The molecule has 0 radical (unpaired) electrons. The number of aromatic nitrogens is 4. The number of nitrogens with one attached hydrogen (secondary N) is 1. The zero-order chi connectivity index (χ0) is 29.7. The minimum Gasteiger partial charge on any atom is -0.314 e. The molecule has 1 unspecified atom stereocenters. The van der Waals surface area contributed by atoms with Crippen molar-refractivity contribution in [3.63, 3.8) is 0 Å². The van der Waals surface area contributed by atoms with E-state index < -0.39 is 10.0 Å². The number of sulfonamides is 1. The standard InChI is InChI=1S/C28H36Cl2N8O3S/c1-42(40,41)36-14-9-22(10-15-36)28(39)37(24-7-8-26(29)27(30)18-24)13-2-12-35-16-11-31-19-25(35)17-21-3-5-23(6-4-21)38-20-32-33-34-38/h3-8,18,20,22,25,31H,2,9-17,19H2,1H3. The van der Waals surface area contributed by atoms with Crippen molar-refractivity contribution in [2.75, 3.05) is 57.0 Å². The number of carbonyl (C=O) groups excluding carboxylic acids is 1. The van der Waals surface area contributed by atoms with Crippen molar-refractivity contribution in [3.05, 3.63) is 64.4 Å². The highest BCUT2D eigenvalue weighted by atomic mass is 35.5. The van der Waals surface area contributed by atoms with Gasteiger partial charge in [-0.25, -0.2) is 17.4 Å². The topological polar surface area (TPSA) is 117 Å². The lowest BCUT2D eigenvalue weighted by Gasteiger charge is -2.37. The quantitative estimate of drug-likeness (QED) is 0.362. The van der Waals surface area contributed by atoms with E-state index >= 15 is 0 Å². The van der Waals surface area contributed by atoms with E-state index in [1.165, 1.54) is 16.1 Å². The van der Waals surface area contributed by atoms with Crippen LogP contribution in [0.5, 0.6) is 0 Å². The normalized spacial score (nSPS) is 19.2. The Morgan fingerprint density at radius 1 is 1.07 bits per heavy atom. The molecule has 0 aliphatic carbocycles. The molecule has 2 saturated heterocycles. The van der Waals surface area contributed by atoms with Gasteiger partial charge in [-0.15, -0.1) is 5.10 Å². The zero-order valence-electron chi connectivity index (χ0n) is 23.6. The first kappa shape index (κ1) is 30.8. The Morgan fingerprint density at radius 3 is 2.50 bits per heavy atom. The number of tetrazole rings is 1. The van der Waals surface area contributed by atoms with E-state index in [0.29, 0.717) is 54.3 Å². The highest BCUT2D eigenvalue weighted by Crippen LogP contribution is 2.30. The summed E-state index contributed by atoms with van der Waals surface area (Å²) < 4.78 is 27.0. The fourth-order valence-electron chi connectivity index (χ4n) is 5.74. The molecule has 2 aliphatic rings. The molecule has 0 spiro atoms. The molecule has 2 aromatic carbocycles. The Hall–Kier alpha value is -2.61. The van der Waals surface area contributed by atoms with Gasteiger partial charge in [-0.2, -0.15) is 0 Å². The summed E-state index contributed by atoms with van der Waals surface area (Å²) in [6.45, 7) is 4.81. The molecular formula is C28H36Cl2N8O3S. The van der Waals surface area contributed by atoms with Crippen molar-refractivity contribution >= 4 is 44.8 Å². The summed E-state index contributed by atoms with van der Waals surface area (Å²) >= 11 is 12.5. The van der Waals surface area contributed by atoms with Gasteiger partial charge in [0.2, 0.25) is 15.9 Å². The largest absolute Gasteiger partial charge is 0.314 e. The predicted molar refractivity (Wildman–Crippen MR) is 164 cm³/mol. The third-order valence-corrected chi connectivity index (χ3v) is 10.1. The number of piperidine rings is 1. The Bertz CT molecular complexity index is 1450. The van der Waals surface area contributed by atoms with Crippen LogP contribution in [0, 0.1) is 5.92 Å². The van der Waals surface area contributed by atoms with Crippen LogP contribution in [-0.4, -0.2) is 102 Å². The van der Waals surface area contributed by atoms with Crippen LogP contribution in [0.2, 0.25) is 10.0 Å². The molecule has 1 N–H and O–H groups in total. The second kappa shape index (κ2) is 13.8. The minimum atomic E-state index is -3.27. The number of halogens is 2. The number of benzene rings is 2. The first-order chi connectivity index (χ1) is 20.2. The fraction of sp³-hybridized carbons (Fsp3) is 0.500. The van der Waals surface area contributed by atoms with Gasteiger partial charge in [0.15, 0.2) is 0 Å².